The van der Waals surface area contributed by atoms with E-state index >= 15 is 0 Å². The van der Waals surface area contributed by atoms with E-state index in [2.05, 4.69) is 15.5 Å². The molecule has 8 nitrogen and oxygen atoms in total. The molecule has 10 heteroatoms. The van der Waals surface area contributed by atoms with Crippen LogP contribution < -0.4 is 19.5 Å². The number of ether oxygens (including phenoxy) is 3. The fraction of sp³-hybridized carbons (Fsp3) is 0.318. The molecule has 0 atom stereocenters. The van der Waals surface area contributed by atoms with Crippen LogP contribution in [0.3, 0.4) is 0 Å². The van der Waals surface area contributed by atoms with E-state index < -0.39 is 0 Å². The molecule has 0 aliphatic heterocycles. The second-order valence-corrected chi connectivity index (χ2v) is 7.79. The van der Waals surface area contributed by atoms with Crippen molar-refractivity contribution in [1.82, 2.24) is 10.2 Å². The summed E-state index contributed by atoms with van der Waals surface area (Å²) >= 11 is 7.25. The van der Waals surface area contributed by atoms with E-state index in [1.54, 1.807) is 24.3 Å². The number of nitrogens with one attached hydrogen (secondary N) is 1. The second-order valence-electron chi connectivity index (χ2n) is 6.30. The molecule has 1 N–H and O–H groups in total. The van der Waals surface area contributed by atoms with Crippen LogP contribution in [0.15, 0.2) is 45.7 Å². The van der Waals surface area contributed by atoms with Crippen molar-refractivity contribution in [3.8, 4) is 28.7 Å². The van der Waals surface area contributed by atoms with Gasteiger partial charge in [-0.3, -0.25) is 10.1 Å². The molecule has 1 aromatic heterocycles. The number of anilines is 1. The number of nitrogens with zero attached hydrogens (tertiary/aromatic N) is 2. The SMILES string of the molecule is CCOc1cc(-c2nnc(NC(=O)CSc3ccc(Cl)cc3)o2)cc(OCC)c1OCC. The van der Waals surface area contributed by atoms with E-state index in [1.807, 2.05) is 32.9 Å². The van der Waals surface area contributed by atoms with Gasteiger partial charge in [-0.1, -0.05) is 16.7 Å². The van der Waals surface area contributed by atoms with E-state index in [-0.39, 0.29) is 23.6 Å². The highest BCUT2D eigenvalue weighted by Gasteiger charge is 2.19. The van der Waals surface area contributed by atoms with Crippen LogP contribution in [0.1, 0.15) is 20.8 Å². The number of carbonyl (C=O) groups is 1. The molecule has 3 rings (SSSR count). The minimum atomic E-state index is -0.267. The number of hydrogen-bond donors (Lipinski definition) is 1. The average Bonchev–Trinajstić information content (AvgIpc) is 3.24. The Morgan fingerprint density at radius 1 is 1.00 bits per heavy atom. The Morgan fingerprint density at radius 3 is 2.22 bits per heavy atom. The standard InChI is InChI=1S/C22H24ClN3O5S/c1-4-28-17-11-14(12-18(29-5-2)20(17)30-6-3)21-25-26-22(31-21)24-19(27)13-32-16-9-7-15(23)8-10-16/h7-12H,4-6,13H2,1-3H3,(H,24,26,27). The van der Waals surface area contributed by atoms with Gasteiger partial charge in [-0.25, -0.2) is 0 Å². The molecule has 0 aliphatic rings. The first-order chi connectivity index (χ1) is 15.5. The summed E-state index contributed by atoms with van der Waals surface area (Å²) in [6.45, 7) is 7.01. The Balaban J connectivity index is 1.73. The average molecular weight is 478 g/mol. The minimum Gasteiger partial charge on any atom is -0.490 e. The molecule has 1 heterocycles. The molecule has 0 radical (unpaired) electrons. The highest BCUT2D eigenvalue weighted by atomic mass is 35.5. The van der Waals surface area contributed by atoms with Crippen molar-refractivity contribution in [2.45, 2.75) is 25.7 Å². The molecule has 0 unspecified atom stereocenters. The van der Waals surface area contributed by atoms with Crippen LogP contribution in [0.5, 0.6) is 17.2 Å². The second kappa shape index (κ2) is 11.6. The highest BCUT2D eigenvalue weighted by molar-refractivity contribution is 8.00. The third-order valence-corrected chi connectivity index (χ3v) is 5.28. The summed E-state index contributed by atoms with van der Waals surface area (Å²) in [6.07, 6.45) is 0. The summed E-state index contributed by atoms with van der Waals surface area (Å²) in [4.78, 5) is 13.2. The monoisotopic (exact) mass is 477 g/mol. The molecule has 1 amide bonds. The number of benzene rings is 2. The number of rotatable bonds is 11. The Bertz CT molecular complexity index is 1020. The number of halogens is 1. The van der Waals surface area contributed by atoms with Gasteiger partial charge < -0.3 is 18.6 Å². The number of hydrogen-bond acceptors (Lipinski definition) is 8. The number of aromatic nitrogens is 2. The largest absolute Gasteiger partial charge is 0.490 e. The van der Waals surface area contributed by atoms with Gasteiger partial charge in [0, 0.05) is 15.5 Å². The topological polar surface area (TPSA) is 95.7 Å². The summed E-state index contributed by atoms with van der Waals surface area (Å²) in [6, 6.07) is 10.7. The molecule has 3 aromatic rings. The maximum atomic E-state index is 12.3. The van der Waals surface area contributed by atoms with Crippen LogP contribution in [-0.4, -0.2) is 41.7 Å². The van der Waals surface area contributed by atoms with Crippen LogP contribution in [-0.2, 0) is 4.79 Å². The van der Waals surface area contributed by atoms with Crippen molar-refractivity contribution in [3.05, 3.63) is 41.4 Å². The minimum absolute atomic E-state index is 0.00603. The van der Waals surface area contributed by atoms with Gasteiger partial charge in [0.2, 0.25) is 17.5 Å². The van der Waals surface area contributed by atoms with E-state index in [1.165, 1.54) is 11.8 Å². The molecule has 0 fully saturated rings. The van der Waals surface area contributed by atoms with Crippen molar-refractivity contribution in [2.75, 3.05) is 30.9 Å². The quantitative estimate of drug-likeness (QED) is 0.371. The van der Waals surface area contributed by atoms with E-state index in [4.69, 9.17) is 30.2 Å². The first kappa shape index (κ1) is 23.7. The van der Waals surface area contributed by atoms with Gasteiger partial charge in [-0.2, -0.15) is 0 Å². The molecular formula is C22H24ClN3O5S. The van der Waals surface area contributed by atoms with Crippen molar-refractivity contribution < 1.29 is 23.4 Å². The van der Waals surface area contributed by atoms with Crippen LogP contribution in [0, 0.1) is 0 Å². The van der Waals surface area contributed by atoms with Crippen LogP contribution >= 0.6 is 23.4 Å². The third-order valence-electron chi connectivity index (χ3n) is 4.01. The summed E-state index contributed by atoms with van der Waals surface area (Å²) in [5.41, 5.74) is 0.587. The van der Waals surface area contributed by atoms with Crippen molar-refractivity contribution in [2.24, 2.45) is 0 Å². The van der Waals surface area contributed by atoms with E-state index in [0.29, 0.717) is 47.7 Å². The predicted molar refractivity (Wildman–Crippen MR) is 124 cm³/mol. The normalized spacial score (nSPS) is 10.6. The summed E-state index contributed by atoms with van der Waals surface area (Å²) in [5, 5.41) is 11.2. The van der Waals surface area contributed by atoms with Crippen LogP contribution in [0.25, 0.3) is 11.5 Å². The lowest BCUT2D eigenvalue weighted by Gasteiger charge is -2.16. The maximum Gasteiger partial charge on any atom is 0.322 e. The summed E-state index contributed by atoms with van der Waals surface area (Å²) in [5.74, 6) is 1.68. The predicted octanol–water partition coefficient (Wildman–Crippen LogP) is 5.32. The van der Waals surface area contributed by atoms with Crippen molar-refractivity contribution >= 4 is 35.3 Å². The molecule has 0 saturated carbocycles. The van der Waals surface area contributed by atoms with Gasteiger partial charge in [0.05, 0.1) is 25.6 Å². The van der Waals surface area contributed by atoms with Crippen molar-refractivity contribution in [3.63, 3.8) is 0 Å². The Kier molecular flexibility index (Phi) is 8.64. The fourth-order valence-electron chi connectivity index (χ4n) is 2.74. The van der Waals surface area contributed by atoms with Crippen LogP contribution in [0.2, 0.25) is 5.02 Å². The van der Waals surface area contributed by atoms with Crippen molar-refractivity contribution in [1.29, 1.82) is 0 Å². The molecular weight excluding hydrogens is 454 g/mol. The smallest absolute Gasteiger partial charge is 0.322 e. The fourth-order valence-corrected chi connectivity index (χ4v) is 3.56. The van der Waals surface area contributed by atoms with E-state index in [0.717, 1.165) is 4.90 Å². The maximum absolute atomic E-state index is 12.3. The number of amides is 1. The van der Waals surface area contributed by atoms with E-state index in [9.17, 15) is 4.79 Å². The Hall–Kier alpha value is -2.91. The Labute approximate surface area is 195 Å². The zero-order valence-electron chi connectivity index (χ0n) is 18.0. The van der Waals surface area contributed by atoms with Crippen LogP contribution in [0.4, 0.5) is 6.01 Å². The van der Waals surface area contributed by atoms with Gasteiger partial charge >= 0.3 is 6.01 Å². The molecule has 0 spiro atoms. The Morgan fingerprint density at radius 2 is 1.62 bits per heavy atom. The molecule has 32 heavy (non-hydrogen) atoms. The first-order valence-corrected chi connectivity index (χ1v) is 11.5. The van der Waals surface area contributed by atoms with Gasteiger partial charge in [-0.15, -0.1) is 16.9 Å². The zero-order chi connectivity index (χ0) is 22.9. The first-order valence-electron chi connectivity index (χ1n) is 10.1. The van der Waals surface area contributed by atoms with Gasteiger partial charge in [-0.05, 0) is 57.2 Å². The lowest BCUT2D eigenvalue weighted by atomic mass is 10.2. The van der Waals surface area contributed by atoms with Gasteiger partial charge in [0.1, 0.15) is 0 Å². The lowest BCUT2D eigenvalue weighted by molar-refractivity contribution is -0.113. The third kappa shape index (κ3) is 6.30. The molecule has 0 saturated heterocycles. The zero-order valence-corrected chi connectivity index (χ0v) is 19.6. The van der Waals surface area contributed by atoms with Gasteiger partial charge in [0.15, 0.2) is 11.5 Å². The molecule has 0 aliphatic carbocycles. The number of carbonyl (C=O) groups excluding carboxylic acids is 1. The molecule has 2 aromatic carbocycles. The molecule has 0 bridgehead atoms. The highest BCUT2D eigenvalue weighted by Crippen LogP contribution is 2.41. The summed E-state index contributed by atoms with van der Waals surface area (Å²) in [7, 11) is 0. The summed E-state index contributed by atoms with van der Waals surface area (Å²) < 4.78 is 22.8. The van der Waals surface area contributed by atoms with Gasteiger partial charge in [0.25, 0.3) is 0 Å². The molecule has 170 valence electrons. The lowest BCUT2D eigenvalue weighted by Crippen LogP contribution is -2.14. The number of thioether (sulfide) groups is 1.